The second-order valence-electron chi connectivity index (χ2n) is 4.40. The van der Waals surface area contributed by atoms with Crippen LogP contribution in [0.5, 0.6) is 0 Å². The fraction of sp³-hybridized carbons (Fsp3) is 0.917. The Hall–Kier alpha value is -0.730. The zero-order chi connectivity index (χ0) is 11.7. The molecular weight excluding hydrogens is 188 g/mol. The number of hydrogen-bond donors (Lipinski definition) is 1. The van der Waals surface area contributed by atoms with Gasteiger partial charge in [-0.1, -0.05) is 27.7 Å². The number of nitrogens with one attached hydrogen (secondary N) is 1. The first-order valence-corrected chi connectivity index (χ1v) is 6.14. The summed E-state index contributed by atoms with van der Waals surface area (Å²) in [5.74, 6) is 0.649. The first-order valence-electron chi connectivity index (χ1n) is 6.14. The quantitative estimate of drug-likeness (QED) is 0.694. The Morgan fingerprint density at radius 2 is 1.73 bits per heavy atom. The Morgan fingerprint density at radius 3 is 2.13 bits per heavy atom. The molecule has 0 saturated carbocycles. The van der Waals surface area contributed by atoms with Crippen LogP contribution in [0.2, 0.25) is 0 Å². The van der Waals surface area contributed by atoms with Gasteiger partial charge in [-0.25, -0.2) is 4.79 Å². The Balaban J connectivity index is 3.80. The lowest BCUT2D eigenvalue weighted by Gasteiger charge is -2.22. The molecule has 0 fully saturated rings. The van der Waals surface area contributed by atoms with Crippen molar-refractivity contribution < 1.29 is 4.79 Å². The highest BCUT2D eigenvalue weighted by Gasteiger charge is 2.10. The lowest BCUT2D eigenvalue weighted by Crippen LogP contribution is -2.41. The third-order valence-corrected chi connectivity index (χ3v) is 2.27. The standard InChI is InChI=1S/C12H26N2O/c1-5-9-14(10-6-2)12(15)13-8-7-11(3)4/h11H,5-10H2,1-4H3,(H,13,15). The molecule has 0 spiro atoms. The van der Waals surface area contributed by atoms with E-state index in [4.69, 9.17) is 0 Å². The van der Waals surface area contributed by atoms with E-state index >= 15 is 0 Å². The van der Waals surface area contributed by atoms with Gasteiger partial charge in [0.15, 0.2) is 0 Å². The normalized spacial score (nSPS) is 10.5. The van der Waals surface area contributed by atoms with Crippen molar-refractivity contribution in [3.05, 3.63) is 0 Å². The Morgan fingerprint density at radius 1 is 1.20 bits per heavy atom. The molecular formula is C12H26N2O. The molecule has 0 aliphatic carbocycles. The molecule has 0 unspecified atom stereocenters. The lowest BCUT2D eigenvalue weighted by atomic mass is 10.1. The zero-order valence-electron chi connectivity index (χ0n) is 10.7. The Labute approximate surface area is 94.2 Å². The van der Waals surface area contributed by atoms with Crippen molar-refractivity contribution in [3.63, 3.8) is 0 Å². The van der Waals surface area contributed by atoms with E-state index in [-0.39, 0.29) is 6.03 Å². The van der Waals surface area contributed by atoms with Gasteiger partial charge in [0.2, 0.25) is 0 Å². The van der Waals surface area contributed by atoms with E-state index in [1.165, 1.54) is 0 Å². The summed E-state index contributed by atoms with van der Waals surface area (Å²) in [6, 6.07) is 0.0966. The van der Waals surface area contributed by atoms with Crippen molar-refractivity contribution in [2.45, 2.75) is 47.0 Å². The van der Waals surface area contributed by atoms with Crippen molar-refractivity contribution in [3.8, 4) is 0 Å². The van der Waals surface area contributed by atoms with Crippen LogP contribution in [0.3, 0.4) is 0 Å². The van der Waals surface area contributed by atoms with Gasteiger partial charge in [-0.3, -0.25) is 0 Å². The third-order valence-electron chi connectivity index (χ3n) is 2.27. The van der Waals surface area contributed by atoms with Crippen molar-refractivity contribution in [2.24, 2.45) is 5.92 Å². The fourth-order valence-electron chi connectivity index (χ4n) is 1.43. The average molecular weight is 214 g/mol. The SMILES string of the molecule is CCCN(CCC)C(=O)NCCC(C)C. The van der Waals surface area contributed by atoms with Gasteiger partial charge in [-0.05, 0) is 25.2 Å². The molecule has 1 N–H and O–H groups in total. The minimum Gasteiger partial charge on any atom is -0.338 e. The van der Waals surface area contributed by atoms with Crippen molar-refractivity contribution >= 4 is 6.03 Å². The molecule has 15 heavy (non-hydrogen) atoms. The second kappa shape index (κ2) is 8.57. The maximum Gasteiger partial charge on any atom is 0.317 e. The third kappa shape index (κ3) is 7.23. The maximum atomic E-state index is 11.7. The van der Waals surface area contributed by atoms with Crippen molar-refractivity contribution in [1.82, 2.24) is 10.2 Å². The van der Waals surface area contributed by atoms with Gasteiger partial charge in [-0.15, -0.1) is 0 Å². The first kappa shape index (κ1) is 14.3. The number of urea groups is 1. The minimum absolute atomic E-state index is 0.0966. The molecule has 0 heterocycles. The number of amides is 2. The highest BCUT2D eigenvalue weighted by atomic mass is 16.2. The summed E-state index contributed by atoms with van der Waals surface area (Å²) in [5, 5.41) is 2.97. The predicted octanol–water partition coefficient (Wildman–Crippen LogP) is 2.86. The summed E-state index contributed by atoms with van der Waals surface area (Å²) in [6.45, 7) is 11.1. The van der Waals surface area contributed by atoms with Crippen LogP contribution >= 0.6 is 0 Å². The molecule has 0 aromatic rings. The molecule has 0 aliphatic rings. The van der Waals surface area contributed by atoms with Gasteiger partial charge in [0, 0.05) is 19.6 Å². The number of rotatable bonds is 7. The molecule has 3 heteroatoms. The van der Waals surface area contributed by atoms with Crippen LogP contribution in [0, 0.1) is 5.92 Å². The molecule has 0 aromatic carbocycles. The second-order valence-corrected chi connectivity index (χ2v) is 4.40. The van der Waals surface area contributed by atoms with E-state index in [0.29, 0.717) is 5.92 Å². The fourth-order valence-corrected chi connectivity index (χ4v) is 1.43. The van der Waals surface area contributed by atoms with Gasteiger partial charge in [0.25, 0.3) is 0 Å². The highest BCUT2D eigenvalue weighted by Crippen LogP contribution is 1.98. The van der Waals surface area contributed by atoms with Gasteiger partial charge in [-0.2, -0.15) is 0 Å². The minimum atomic E-state index is 0.0966. The molecule has 2 amide bonds. The first-order chi connectivity index (χ1) is 7.11. The topological polar surface area (TPSA) is 32.3 Å². The van der Waals surface area contributed by atoms with Gasteiger partial charge in [0.05, 0.1) is 0 Å². The van der Waals surface area contributed by atoms with Gasteiger partial charge < -0.3 is 10.2 Å². The van der Waals surface area contributed by atoms with Crippen LogP contribution in [-0.4, -0.2) is 30.6 Å². The van der Waals surface area contributed by atoms with Crippen LogP contribution < -0.4 is 5.32 Å². The molecule has 0 radical (unpaired) electrons. The molecule has 0 aliphatic heterocycles. The summed E-state index contributed by atoms with van der Waals surface area (Å²) in [4.78, 5) is 13.6. The van der Waals surface area contributed by atoms with Crippen LogP contribution in [0.25, 0.3) is 0 Å². The Bertz CT molecular complexity index is 163. The average Bonchev–Trinajstić information content (AvgIpc) is 2.16. The van der Waals surface area contributed by atoms with Crippen molar-refractivity contribution in [2.75, 3.05) is 19.6 Å². The number of carbonyl (C=O) groups is 1. The lowest BCUT2D eigenvalue weighted by molar-refractivity contribution is 0.197. The van der Waals surface area contributed by atoms with E-state index in [2.05, 4.69) is 33.0 Å². The van der Waals surface area contributed by atoms with Crippen LogP contribution in [0.15, 0.2) is 0 Å². The van der Waals surface area contributed by atoms with E-state index in [1.807, 2.05) is 4.90 Å². The molecule has 0 aromatic heterocycles. The van der Waals surface area contributed by atoms with Crippen LogP contribution in [0.4, 0.5) is 4.79 Å². The van der Waals surface area contributed by atoms with Crippen LogP contribution in [0.1, 0.15) is 47.0 Å². The Kier molecular flexibility index (Phi) is 8.15. The number of hydrogen-bond acceptors (Lipinski definition) is 1. The molecule has 0 bridgehead atoms. The summed E-state index contributed by atoms with van der Waals surface area (Å²) in [6.07, 6.45) is 3.10. The number of carbonyl (C=O) groups excluding carboxylic acids is 1. The summed E-state index contributed by atoms with van der Waals surface area (Å²) >= 11 is 0. The monoisotopic (exact) mass is 214 g/mol. The van der Waals surface area contributed by atoms with E-state index in [9.17, 15) is 4.79 Å². The van der Waals surface area contributed by atoms with E-state index in [0.717, 1.165) is 38.9 Å². The largest absolute Gasteiger partial charge is 0.338 e. The van der Waals surface area contributed by atoms with Crippen LogP contribution in [-0.2, 0) is 0 Å². The molecule has 0 saturated heterocycles. The van der Waals surface area contributed by atoms with Gasteiger partial charge >= 0.3 is 6.03 Å². The summed E-state index contributed by atoms with van der Waals surface area (Å²) in [7, 11) is 0. The van der Waals surface area contributed by atoms with E-state index < -0.39 is 0 Å². The zero-order valence-corrected chi connectivity index (χ0v) is 10.7. The molecule has 3 nitrogen and oxygen atoms in total. The summed E-state index contributed by atoms with van der Waals surface area (Å²) in [5.41, 5.74) is 0. The van der Waals surface area contributed by atoms with Gasteiger partial charge in [0.1, 0.15) is 0 Å². The number of nitrogens with zero attached hydrogens (tertiary/aromatic N) is 1. The summed E-state index contributed by atoms with van der Waals surface area (Å²) < 4.78 is 0. The molecule has 0 rings (SSSR count). The predicted molar refractivity (Wildman–Crippen MR) is 65.0 cm³/mol. The van der Waals surface area contributed by atoms with Crippen molar-refractivity contribution in [1.29, 1.82) is 0 Å². The molecule has 90 valence electrons. The highest BCUT2D eigenvalue weighted by molar-refractivity contribution is 5.74. The molecule has 0 atom stereocenters. The smallest absolute Gasteiger partial charge is 0.317 e. The maximum absolute atomic E-state index is 11.7. The van der Waals surface area contributed by atoms with E-state index in [1.54, 1.807) is 0 Å².